The van der Waals surface area contributed by atoms with Crippen LogP contribution >= 0.6 is 0 Å². The van der Waals surface area contributed by atoms with Crippen LogP contribution in [-0.2, 0) is 16.1 Å². The summed E-state index contributed by atoms with van der Waals surface area (Å²) in [7, 11) is 0. The number of carbonyl (C=O) groups is 3. The van der Waals surface area contributed by atoms with Gasteiger partial charge in [-0.15, -0.1) is 0 Å². The highest BCUT2D eigenvalue weighted by molar-refractivity contribution is 6.44. The molecule has 3 aromatic rings. The summed E-state index contributed by atoms with van der Waals surface area (Å²) in [6, 6.07) is 13.0. The zero-order chi connectivity index (χ0) is 21.0. The molecule has 0 aliphatic heterocycles. The Balaban J connectivity index is 1.90. The number of halogens is 1. The molecule has 0 spiro atoms. The van der Waals surface area contributed by atoms with Gasteiger partial charge in [0.15, 0.2) is 0 Å². The number of carbonyl (C=O) groups excluding carboxylic acids is 3. The van der Waals surface area contributed by atoms with E-state index in [-0.39, 0.29) is 17.8 Å². The van der Waals surface area contributed by atoms with E-state index in [1.165, 1.54) is 29.3 Å². The number of Topliss-reactive ketones (excluding diaryl/α,β-unsaturated/α-hetero) is 1. The molecule has 1 aromatic heterocycles. The van der Waals surface area contributed by atoms with Crippen LogP contribution < -0.4 is 5.32 Å². The normalized spacial score (nSPS) is 10.7. The van der Waals surface area contributed by atoms with E-state index in [1.807, 2.05) is 13.8 Å². The number of nitrogens with one attached hydrogen (secondary N) is 1. The average molecular weight is 395 g/mol. The number of nitrogens with zero attached hydrogens (tertiary/aromatic N) is 2. The molecule has 2 aromatic carbocycles. The second-order valence-corrected chi connectivity index (χ2v) is 6.52. The fourth-order valence-electron chi connectivity index (χ4n) is 3.24. The van der Waals surface area contributed by atoms with E-state index in [4.69, 9.17) is 0 Å². The van der Waals surface area contributed by atoms with Crippen molar-refractivity contribution in [3.05, 3.63) is 66.1 Å². The third-order valence-electron chi connectivity index (χ3n) is 4.74. The van der Waals surface area contributed by atoms with Gasteiger partial charge in [-0.2, -0.15) is 0 Å². The van der Waals surface area contributed by atoms with Gasteiger partial charge >= 0.3 is 0 Å². The maximum atomic E-state index is 13.8. The summed E-state index contributed by atoms with van der Waals surface area (Å²) in [6.07, 6.45) is 1.51. The van der Waals surface area contributed by atoms with Crippen LogP contribution in [0.1, 0.15) is 24.2 Å². The maximum absolute atomic E-state index is 13.8. The fraction of sp³-hybridized carbons (Fsp3) is 0.227. The monoisotopic (exact) mass is 395 g/mol. The number of benzene rings is 2. The lowest BCUT2D eigenvalue weighted by molar-refractivity contribution is -0.126. The minimum atomic E-state index is -0.613. The van der Waals surface area contributed by atoms with Crippen molar-refractivity contribution in [1.82, 2.24) is 9.47 Å². The van der Waals surface area contributed by atoms with E-state index in [0.717, 1.165) is 0 Å². The number of likely N-dealkylation sites (N-methyl/N-ethyl adjacent to an activating group) is 1. The summed E-state index contributed by atoms with van der Waals surface area (Å²) in [4.78, 5) is 39.2. The Kier molecular flexibility index (Phi) is 6.07. The highest BCUT2D eigenvalue weighted by Crippen LogP contribution is 2.23. The van der Waals surface area contributed by atoms with Crippen LogP contribution in [0.4, 0.5) is 10.1 Å². The molecule has 1 heterocycles. The summed E-state index contributed by atoms with van der Waals surface area (Å²) in [6.45, 7) is 4.37. The van der Waals surface area contributed by atoms with Gasteiger partial charge in [0.1, 0.15) is 12.4 Å². The molecule has 3 rings (SSSR count). The lowest BCUT2D eigenvalue weighted by Gasteiger charge is -2.17. The number of para-hydroxylation sites is 2. The molecule has 150 valence electrons. The van der Waals surface area contributed by atoms with Crippen molar-refractivity contribution in [2.75, 3.05) is 18.4 Å². The summed E-state index contributed by atoms with van der Waals surface area (Å²) in [5, 5.41) is 3.12. The zero-order valence-corrected chi connectivity index (χ0v) is 16.3. The van der Waals surface area contributed by atoms with Gasteiger partial charge in [-0.1, -0.05) is 30.3 Å². The lowest BCUT2D eigenvalue weighted by atomic mass is 10.1. The number of hydrogen-bond acceptors (Lipinski definition) is 3. The van der Waals surface area contributed by atoms with Crippen LogP contribution in [0.2, 0.25) is 0 Å². The van der Waals surface area contributed by atoms with Crippen LogP contribution in [0.3, 0.4) is 0 Å². The molecule has 0 atom stereocenters. The Bertz CT molecular complexity index is 1070. The van der Waals surface area contributed by atoms with Crippen molar-refractivity contribution < 1.29 is 18.8 Å². The summed E-state index contributed by atoms with van der Waals surface area (Å²) in [5.74, 6) is -2.16. The van der Waals surface area contributed by atoms with Crippen molar-refractivity contribution in [3.63, 3.8) is 0 Å². The van der Waals surface area contributed by atoms with Crippen LogP contribution in [-0.4, -0.2) is 40.2 Å². The van der Waals surface area contributed by atoms with E-state index in [1.54, 1.807) is 34.9 Å². The Labute approximate surface area is 167 Å². The predicted molar refractivity (Wildman–Crippen MR) is 109 cm³/mol. The molecule has 6 nitrogen and oxygen atoms in total. The van der Waals surface area contributed by atoms with Gasteiger partial charge < -0.3 is 14.8 Å². The number of fused-ring (bicyclic) bond motifs is 1. The first kappa shape index (κ1) is 20.3. The Hall–Kier alpha value is -3.48. The van der Waals surface area contributed by atoms with Gasteiger partial charge in [0, 0.05) is 30.2 Å². The highest BCUT2D eigenvalue weighted by atomic mass is 19.1. The number of rotatable bonds is 7. The second-order valence-electron chi connectivity index (χ2n) is 6.52. The molecule has 0 bridgehead atoms. The molecule has 0 saturated heterocycles. The third kappa shape index (κ3) is 4.18. The molecule has 7 heteroatoms. The van der Waals surface area contributed by atoms with Gasteiger partial charge in [-0.3, -0.25) is 14.4 Å². The fourth-order valence-corrected chi connectivity index (χ4v) is 3.24. The van der Waals surface area contributed by atoms with E-state index < -0.39 is 23.4 Å². The molecule has 2 amide bonds. The second kappa shape index (κ2) is 8.68. The van der Waals surface area contributed by atoms with Crippen LogP contribution in [0.25, 0.3) is 10.9 Å². The SMILES string of the molecule is CCN(CC)C(=O)C(=O)c1cn(CC(=O)Nc2ccccc2F)c2ccccc12. The Morgan fingerprint density at radius 2 is 1.66 bits per heavy atom. The summed E-state index contributed by atoms with van der Waals surface area (Å²) in [5.41, 5.74) is 0.977. The van der Waals surface area contributed by atoms with E-state index in [9.17, 15) is 18.8 Å². The first-order valence-corrected chi connectivity index (χ1v) is 9.42. The lowest BCUT2D eigenvalue weighted by Crippen LogP contribution is -2.36. The van der Waals surface area contributed by atoms with E-state index in [2.05, 4.69) is 5.32 Å². The van der Waals surface area contributed by atoms with Crippen molar-refractivity contribution >= 4 is 34.2 Å². The summed E-state index contributed by atoms with van der Waals surface area (Å²) >= 11 is 0. The van der Waals surface area contributed by atoms with Crippen LogP contribution in [0, 0.1) is 5.82 Å². The molecule has 0 unspecified atom stereocenters. The molecule has 1 N–H and O–H groups in total. The average Bonchev–Trinajstić information content (AvgIpc) is 3.08. The molecular weight excluding hydrogens is 373 g/mol. The maximum Gasteiger partial charge on any atom is 0.295 e. The van der Waals surface area contributed by atoms with Gasteiger partial charge in [-0.25, -0.2) is 4.39 Å². The quantitative estimate of drug-likeness (QED) is 0.492. The molecule has 0 saturated carbocycles. The molecule has 0 fully saturated rings. The van der Waals surface area contributed by atoms with Crippen LogP contribution in [0.5, 0.6) is 0 Å². The van der Waals surface area contributed by atoms with Crippen molar-refractivity contribution in [2.24, 2.45) is 0 Å². The molecular formula is C22H22FN3O3. The van der Waals surface area contributed by atoms with Crippen molar-refractivity contribution in [3.8, 4) is 0 Å². The molecule has 0 radical (unpaired) electrons. The van der Waals surface area contributed by atoms with Gasteiger partial charge in [0.2, 0.25) is 5.91 Å². The minimum absolute atomic E-state index is 0.0852. The Morgan fingerprint density at radius 3 is 2.34 bits per heavy atom. The minimum Gasteiger partial charge on any atom is -0.337 e. The van der Waals surface area contributed by atoms with Crippen molar-refractivity contribution in [1.29, 1.82) is 0 Å². The Morgan fingerprint density at radius 1 is 1.00 bits per heavy atom. The highest BCUT2D eigenvalue weighted by Gasteiger charge is 2.25. The van der Waals surface area contributed by atoms with Gasteiger partial charge in [0.25, 0.3) is 11.7 Å². The summed E-state index contributed by atoms with van der Waals surface area (Å²) < 4.78 is 15.4. The topological polar surface area (TPSA) is 71.4 Å². The molecule has 0 aliphatic carbocycles. The largest absolute Gasteiger partial charge is 0.337 e. The number of hydrogen-bond donors (Lipinski definition) is 1. The smallest absolute Gasteiger partial charge is 0.295 e. The molecule has 29 heavy (non-hydrogen) atoms. The zero-order valence-electron chi connectivity index (χ0n) is 16.3. The van der Waals surface area contributed by atoms with Crippen molar-refractivity contribution in [2.45, 2.75) is 20.4 Å². The first-order valence-electron chi connectivity index (χ1n) is 9.42. The predicted octanol–water partition coefficient (Wildman–Crippen LogP) is 3.47. The number of amides is 2. The van der Waals surface area contributed by atoms with Crippen LogP contribution in [0.15, 0.2) is 54.7 Å². The third-order valence-corrected chi connectivity index (χ3v) is 4.74. The van der Waals surface area contributed by atoms with Gasteiger partial charge in [0.05, 0.1) is 11.3 Å². The molecule has 0 aliphatic rings. The number of anilines is 1. The van der Waals surface area contributed by atoms with E-state index in [0.29, 0.717) is 24.0 Å². The number of ketones is 1. The van der Waals surface area contributed by atoms with E-state index >= 15 is 0 Å². The first-order chi connectivity index (χ1) is 14.0. The standard InChI is InChI=1S/C22H22FN3O3/c1-3-25(4-2)22(29)21(28)16-13-26(19-12-8-5-9-15(16)19)14-20(27)24-18-11-7-6-10-17(18)23/h5-13H,3-4,14H2,1-2H3,(H,24,27). The number of aromatic nitrogens is 1. The van der Waals surface area contributed by atoms with Gasteiger partial charge in [-0.05, 0) is 32.0 Å².